The first kappa shape index (κ1) is 13.3. The van der Waals surface area contributed by atoms with E-state index in [9.17, 15) is 4.79 Å². The first-order valence-corrected chi connectivity index (χ1v) is 8.19. The summed E-state index contributed by atoms with van der Waals surface area (Å²) in [7, 11) is 0. The second kappa shape index (κ2) is 5.42. The lowest BCUT2D eigenvalue weighted by molar-refractivity contribution is 0.103. The average Bonchev–Trinajstić information content (AvgIpc) is 3.09. The molecule has 110 valence electrons. The number of nitrogens with zero attached hydrogens (tertiary/aromatic N) is 1. The Morgan fingerprint density at radius 3 is 2.68 bits per heavy atom. The summed E-state index contributed by atoms with van der Waals surface area (Å²) < 4.78 is 0. The first-order valence-electron chi connectivity index (χ1n) is 7.31. The summed E-state index contributed by atoms with van der Waals surface area (Å²) in [6, 6.07) is 13.7. The second-order valence-electron chi connectivity index (χ2n) is 5.43. The molecule has 5 heteroatoms. The van der Waals surface area contributed by atoms with Gasteiger partial charge in [0.1, 0.15) is 5.69 Å². The Labute approximate surface area is 132 Å². The predicted octanol–water partition coefficient (Wildman–Crippen LogP) is 4.27. The second-order valence-corrected chi connectivity index (χ2v) is 6.38. The minimum Gasteiger partial charge on any atom is -0.318 e. The van der Waals surface area contributed by atoms with Gasteiger partial charge in [-0.1, -0.05) is 36.4 Å². The summed E-state index contributed by atoms with van der Waals surface area (Å²) in [6.45, 7) is 0. The van der Waals surface area contributed by atoms with Crippen LogP contribution >= 0.6 is 11.3 Å². The van der Waals surface area contributed by atoms with Crippen LogP contribution in [-0.4, -0.2) is 16.1 Å². The molecule has 0 bridgehead atoms. The van der Waals surface area contributed by atoms with Crippen molar-refractivity contribution in [2.75, 3.05) is 5.32 Å². The van der Waals surface area contributed by atoms with Gasteiger partial charge in [-0.3, -0.25) is 9.89 Å². The molecule has 0 aliphatic heterocycles. The summed E-state index contributed by atoms with van der Waals surface area (Å²) in [5, 5.41) is 12.5. The van der Waals surface area contributed by atoms with Crippen LogP contribution in [0.25, 0.3) is 11.3 Å². The molecule has 2 heterocycles. The van der Waals surface area contributed by atoms with Crippen LogP contribution in [0, 0.1) is 0 Å². The van der Waals surface area contributed by atoms with E-state index in [1.807, 2.05) is 47.8 Å². The van der Waals surface area contributed by atoms with Crippen LogP contribution in [0.5, 0.6) is 0 Å². The molecule has 1 saturated carbocycles. The van der Waals surface area contributed by atoms with Gasteiger partial charge in [0, 0.05) is 11.5 Å². The molecular weight excluding hydrogens is 294 g/mol. The van der Waals surface area contributed by atoms with Crippen LogP contribution in [0.1, 0.15) is 34.1 Å². The zero-order valence-electron chi connectivity index (χ0n) is 11.9. The van der Waals surface area contributed by atoms with Crippen molar-refractivity contribution in [3.05, 3.63) is 58.4 Å². The number of hydrogen-bond acceptors (Lipinski definition) is 3. The summed E-state index contributed by atoms with van der Waals surface area (Å²) in [6.07, 6.45) is 2.30. The number of aromatic amines is 1. The number of nitrogens with one attached hydrogen (secondary N) is 2. The number of H-pyrrole nitrogens is 1. The van der Waals surface area contributed by atoms with Gasteiger partial charge in [-0.15, -0.1) is 11.3 Å². The lowest BCUT2D eigenvalue weighted by Gasteiger charge is -2.07. The fourth-order valence-electron chi connectivity index (χ4n) is 2.54. The van der Waals surface area contributed by atoms with Crippen LogP contribution < -0.4 is 5.32 Å². The monoisotopic (exact) mass is 309 g/mol. The van der Waals surface area contributed by atoms with Crippen molar-refractivity contribution in [2.45, 2.75) is 18.8 Å². The molecule has 2 aromatic heterocycles. The highest BCUT2D eigenvalue weighted by atomic mass is 32.1. The Balaban J connectivity index is 1.73. The van der Waals surface area contributed by atoms with Gasteiger partial charge in [0.2, 0.25) is 0 Å². The highest BCUT2D eigenvalue weighted by Gasteiger charge is 2.31. The zero-order chi connectivity index (χ0) is 14.9. The van der Waals surface area contributed by atoms with Gasteiger partial charge in [0.25, 0.3) is 5.91 Å². The topological polar surface area (TPSA) is 57.8 Å². The van der Waals surface area contributed by atoms with Gasteiger partial charge in [-0.05, 0) is 24.3 Å². The maximum absolute atomic E-state index is 12.4. The van der Waals surface area contributed by atoms with Gasteiger partial charge in [0.15, 0.2) is 0 Å². The number of rotatable bonds is 4. The molecule has 1 aliphatic carbocycles. The van der Waals surface area contributed by atoms with Crippen LogP contribution in [0.2, 0.25) is 0 Å². The molecular formula is C17H15N3OS. The van der Waals surface area contributed by atoms with Crippen molar-refractivity contribution in [1.29, 1.82) is 0 Å². The standard InChI is InChI=1S/C17H15N3OS/c21-17(13-7-4-10-22-13)18-16-14(11-5-2-1-3-6-11)19-20-15(16)12-8-9-12/h1-7,10,12H,8-9H2,(H,18,21)(H,19,20). The molecule has 4 rings (SSSR count). The Hall–Kier alpha value is -2.40. The van der Waals surface area contributed by atoms with Gasteiger partial charge in [-0.2, -0.15) is 5.10 Å². The molecule has 0 unspecified atom stereocenters. The summed E-state index contributed by atoms with van der Waals surface area (Å²) >= 11 is 1.44. The van der Waals surface area contributed by atoms with Crippen LogP contribution in [0.4, 0.5) is 5.69 Å². The molecule has 4 nitrogen and oxygen atoms in total. The molecule has 3 aromatic rings. The molecule has 0 radical (unpaired) electrons. The smallest absolute Gasteiger partial charge is 0.265 e. The molecule has 22 heavy (non-hydrogen) atoms. The van der Waals surface area contributed by atoms with Gasteiger partial charge < -0.3 is 5.32 Å². The maximum atomic E-state index is 12.4. The number of anilines is 1. The highest BCUT2D eigenvalue weighted by molar-refractivity contribution is 7.12. The van der Waals surface area contributed by atoms with Crippen molar-refractivity contribution in [3.8, 4) is 11.3 Å². The Morgan fingerprint density at radius 1 is 1.18 bits per heavy atom. The number of aromatic nitrogens is 2. The van der Waals surface area contributed by atoms with E-state index in [4.69, 9.17) is 0 Å². The molecule has 0 atom stereocenters. The maximum Gasteiger partial charge on any atom is 0.265 e. The minimum atomic E-state index is -0.0736. The number of amides is 1. The van der Waals surface area contributed by atoms with Crippen LogP contribution in [0.3, 0.4) is 0 Å². The van der Waals surface area contributed by atoms with Crippen molar-refractivity contribution in [1.82, 2.24) is 10.2 Å². The van der Waals surface area contributed by atoms with Crippen LogP contribution in [0.15, 0.2) is 47.8 Å². The zero-order valence-corrected chi connectivity index (χ0v) is 12.7. The fourth-order valence-corrected chi connectivity index (χ4v) is 3.16. The summed E-state index contributed by atoms with van der Waals surface area (Å²) in [4.78, 5) is 13.1. The van der Waals surface area contributed by atoms with E-state index in [-0.39, 0.29) is 5.91 Å². The van der Waals surface area contributed by atoms with Crippen molar-refractivity contribution < 1.29 is 4.79 Å². The lowest BCUT2D eigenvalue weighted by atomic mass is 10.1. The molecule has 1 aromatic carbocycles. The van der Waals surface area contributed by atoms with E-state index in [2.05, 4.69) is 15.5 Å². The number of benzene rings is 1. The number of carbonyl (C=O) groups is 1. The fraction of sp³-hybridized carbons (Fsp3) is 0.176. The molecule has 1 fully saturated rings. The normalized spacial score (nSPS) is 14.0. The Kier molecular flexibility index (Phi) is 3.27. The van der Waals surface area contributed by atoms with E-state index in [0.29, 0.717) is 10.8 Å². The molecule has 0 saturated heterocycles. The summed E-state index contributed by atoms with van der Waals surface area (Å²) in [5.74, 6) is 0.416. The SMILES string of the molecule is O=C(Nc1c(-c2ccccc2)n[nH]c1C1CC1)c1cccs1. The van der Waals surface area contributed by atoms with Crippen LogP contribution in [-0.2, 0) is 0 Å². The quantitative estimate of drug-likeness (QED) is 0.756. The van der Waals surface area contributed by atoms with Crippen molar-refractivity contribution >= 4 is 22.9 Å². The summed E-state index contributed by atoms with van der Waals surface area (Å²) in [5.41, 5.74) is 3.69. The van der Waals surface area contributed by atoms with E-state index in [1.54, 1.807) is 0 Å². The third kappa shape index (κ3) is 2.44. The average molecular weight is 309 g/mol. The molecule has 1 amide bonds. The van der Waals surface area contributed by atoms with Crippen molar-refractivity contribution in [3.63, 3.8) is 0 Å². The van der Waals surface area contributed by atoms with Crippen molar-refractivity contribution in [2.24, 2.45) is 0 Å². The number of thiophene rings is 1. The van der Waals surface area contributed by atoms with E-state index in [0.717, 1.165) is 35.5 Å². The third-order valence-electron chi connectivity index (χ3n) is 3.81. The number of carbonyl (C=O) groups excluding carboxylic acids is 1. The highest BCUT2D eigenvalue weighted by Crippen LogP contribution is 2.45. The Bertz CT molecular complexity index is 789. The van der Waals surface area contributed by atoms with Gasteiger partial charge in [-0.25, -0.2) is 0 Å². The largest absolute Gasteiger partial charge is 0.318 e. The third-order valence-corrected chi connectivity index (χ3v) is 4.68. The molecule has 1 aliphatic rings. The number of hydrogen-bond donors (Lipinski definition) is 2. The van der Waals surface area contributed by atoms with Gasteiger partial charge in [0.05, 0.1) is 16.3 Å². The van der Waals surface area contributed by atoms with E-state index >= 15 is 0 Å². The van der Waals surface area contributed by atoms with E-state index < -0.39 is 0 Å². The lowest BCUT2D eigenvalue weighted by Crippen LogP contribution is -2.11. The first-order chi connectivity index (χ1) is 10.8. The molecule has 2 N–H and O–H groups in total. The minimum absolute atomic E-state index is 0.0736. The Morgan fingerprint density at radius 2 is 2.00 bits per heavy atom. The van der Waals surface area contributed by atoms with Gasteiger partial charge >= 0.3 is 0 Å². The van der Waals surface area contributed by atoms with E-state index in [1.165, 1.54) is 11.3 Å². The predicted molar refractivity (Wildman–Crippen MR) is 88.3 cm³/mol. The molecule has 0 spiro atoms.